The highest BCUT2D eigenvalue weighted by molar-refractivity contribution is 5.35. The van der Waals surface area contributed by atoms with Crippen LogP contribution in [0, 0.1) is 11.6 Å². The molecular weight excluding hydrogens is 246 g/mol. The van der Waals surface area contributed by atoms with Crippen molar-refractivity contribution in [2.24, 2.45) is 0 Å². The molecule has 19 heavy (non-hydrogen) atoms. The summed E-state index contributed by atoms with van der Waals surface area (Å²) in [7, 11) is 0. The van der Waals surface area contributed by atoms with E-state index in [1.54, 1.807) is 0 Å². The molecule has 2 aromatic rings. The lowest BCUT2D eigenvalue weighted by Gasteiger charge is -2.12. The second-order valence-electron chi connectivity index (χ2n) is 4.40. The minimum Gasteiger partial charge on any atom is -0.489 e. The predicted molar refractivity (Wildman–Crippen MR) is 71.1 cm³/mol. The van der Waals surface area contributed by atoms with Crippen LogP contribution in [0.2, 0.25) is 0 Å². The van der Waals surface area contributed by atoms with E-state index in [9.17, 15) is 8.78 Å². The van der Waals surface area contributed by atoms with Gasteiger partial charge in [-0.2, -0.15) is 0 Å². The van der Waals surface area contributed by atoms with Crippen LogP contribution in [0.25, 0.3) is 0 Å². The van der Waals surface area contributed by atoms with Crippen LogP contribution in [0.15, 0.2) is 42.5 Å². The zero-order valence-corrected chi connectivity index (χ0v) is 10.8. The first-order valence-corrected chi connectivity index (χ1v) is 6.35. The minimum absolute atomic E-state index is 0.350. The zero-order chi connectivity index (χ0) is 13.7. The summed E-state index contributed by atoms with van der Waals surface area (Å²) < 4.78 is 32.1. The van der Waals surface area contributed by atoms with Crippen molar-refractivity contribution in [1.29, 1.82) is 0 Å². The molecule has 2 aromatic carbocycles. The van der Waals surface area contributed by atoms with Gasteiger partial charge in [-0.15, -0.1) is 0 Å². The third-order valence-corrected chi connectivity index (χ3v) is 2.86. The number of rotatable bonds is 5. The SMILES string of the molecule is CCCc1cc(F)c(F)cc1OCc1ccccc1. The van der Waals surface area contributed by atoms with Crippen molar-refractivity contribution in [3.8, 4) is 5.75 Å². The average molecular weight is 262 g/mol. The predicted octanol–water partition coefficient (Wildman–Crippen LogP) is 4.50. The molecule has 0 heterocycles. The third-order valence-electron chi connectivity index (χ3n) is 2.86. The highest BCUT2D eigenvalue weighted by Crippen LogP contribution is 2.24. The topological polar surface area (TPSA) is 9.23 Å². The number of aryl methyl sites for hydroxylation is 1. The highest BCUT2D eigenvalue weighted by atomic mass is 19.2. The van der Waals surface area contributed by atoms with Crippen LogP contribution in [-0.2, 0) is 13.0 Å². The lowest BCUT2D eigenvalue weighted by Crippen LogP contribution is -2.00. The Labute approximate surface area is 111 Å². The van der Waals surface area contributed by atoms with E-state index in [1.807, 2.05) is 37.3 Å². The van der Waals surface area contributed by atoms with Gasteiger partial charge in [-0.05, 0) is 23.6 Å². The normalized spacial score (nSPS) is 10.5. The zero-order valence-electron chi connectivity index (χ0n) is 10.8. The Balaban J connectivity index is 2.16. The van der Waals surface area contributed by atoms with Gasteiger partial charge in [-0.25, -0.2) is 8.78 Å². The molecule has 2 rings (SSSR count). The van der Waals surface area contributed by atoms with Gasteiger partial charge < -0.3 is 4.74 Å². The van der Waals surface area contributed by atoms with E-state index >= 15 is 0 Å². The number of hydrogen-bond acceptors (Lipinski definition) is 1. The molecule has 0 radical (unpaired) electrons. The molecule has 0 saturated heterocycles. The molecule has 0 aliphatic carbocycles. The monoisotopic (exact) mass is 262 g/mol. The van der Waals surface area contributed by atoms with Gasteiger partial charge in [0, 0.05) is 6.07 Å². The molecule has 0 amide bonds. The molecule has 0 spiro atoms. The molecule has 3 heteroatoms. The van der Waals surface area contributed by atoms with Crippen LogP contribution in [0.4, 0.5) is 8.78 Å². The lowest BCUT2D eigenvalue weighted by atomic mass is 10.1. The summed E-state index contributed by atoms with van der Waals surface area (Å²) >= 11 is 0. The fourth-order valence-corrected chi connectivity index (χ4v) is 1.90. The van der Waals surface area contributed by atoms with E-state index in [4.69, 9.17) is 4.74 Å². The summed E-state index contributed by atoms with van der Waals surface area (Å²) in [5, 5.41) is 0. The van der Waals surface area contributed by atoms with Crippen molar-refractivity contribution in [3.63, 3.8) is 0 Å². The van der Waals surface area contributed by atoms with Crippen LogP contribution in [0.1, 0.15) is 24.5 Å². The second-order valence-corrected chi connectivity index (χ2v) is 4.40. The Bertz CT molecular complexity index is 538. The van der Waals surface area contributed by atoms with E-state index in [2.05, 4.69) is 0 Å². The van der Waals surface area contributed by atoms with Crippen molar-refractivity contribution in [2.75, 3.05) is 0 Å². The Morgan fingerprint density at radius 2 is 1.68 bits per heavy atom. The molecule has 0 fully saturated rings. The van der Waals surface area contributed by atoms with Crippen molar-refractivity contribution in [1.82, 2.24) is 0 Å². The van der Waals surface area contributed by atoms with E-state index in [-0.39, 0.29) is 0 Å². The van der Waals surface area contributed by atoms with Crippen LogP contribution < -0.4 is 4.74 Å². The molecule has 0 atom stereocenters. The van der Waals surface area contributed by atoms with Crippen molar-refractivity contribution >= 4 is 0 Å². The fourth-order valence-electron chi connectivity index (χ4n) is 1.90. The summed E-state index contributed by atoms with van der Waals surface area (Å²) in [6.07, 6.45) is 1.52. The maximum atomic E-state index is 13.3. The number of hydrogen-bond donors (Lipinski definition) is 0. The first kappa shape index (κ1) is 13.5. The van der Waals surface area contributed by atoms with E-state index in [0.29, 0.717) is 24.3 Å². The van der Waals surface area contributed by atoms with Crippen molar-refractivity contribution in [2.45, 2.75) is 26.4 Å². The quantitative estimate of drug-likeness (QED) is 0.771. The van der Waals surface area contributed by atoms with Crippen molar-refractivity contribution < 1.29 is 13.5 Å². The summed E-state index contributed by atoms with van der Waals surface area (Å²) in [6.45, 7) is 2.34. The summed E-state index contributed by atoms with van der Waals surface area (Å²) in [5.74, 6) is -1.27. The molecule has 0 aliphatic rings. The summed E-state index contributed by atoms with van der Waals surface area (Å²) in [5.41, 5.74) is 1.70. The molecule has 1 nitrogen and oxygen atoms in total. The Morgan fingerprint density at radius 1 is 1.00 bits per heavy atom. The molecule has 100 valence electrons. The maximum Gasteiger partial charge on any atom is 0.162 e. The number of benzene rings is 2. The van der Waals surface area contributed by atoms with Gasteiger partial charge in [0.2, 0.25) is 0 Å². The Kier molecular flexibility index (Phi) is 4.50. The van der Waals surface area contributed by atoms with Gasteiger partial charge in [-0.1, -0.05) is 43.7 Å². The first-order chi connectivity index (χ1) is 9.20. The molecule has 0 saturated carbocycles. The van der Waals surface area contributed by atoms with Crippen LogP contribution in [0.3, 0.4) is 0 Å². The van der Waals surface area contributed by atoms with Crippen LogP contribution in [0.5, 0.6) is 5.75 Å². The number of halogens is 2. The molecule has 0 bridgehead atoms. The van der Waals surface area contributed by atoms with Gasteiger partial charge in [0.15, 0.2) is 11.6 Å². The maximum absolute atomic E-state index is 13.3. The molecule has 0 aromatic heterocycles. The van der Waals surface area contributed by atoms with Crippen molar-refractivity contribution in [3.05, 3.63) is 65.2 Å². The average Bonchev–Trinajstić information content (AvgIpc) is 2.42. The smallest absolute Gasteiger partial charge is 0.162 e. The molecular formula is C16H16F2O. The molecule has 0 aliphatic heterocycles. The third kappa shape index (κ3) is 3.53. The standard InChI is InChI=1S/C16H16F2O/c1-2-6-13-9-14(17)15(18)10-16(13)19-11-12-7-4-3-5-8-12/h3-5,7-10H,2,6,11H2,1H3. The Hall–Kier alpha value is -1.90. The van der Waals surface area contributed by atoms with E-state index in [0.717, 1.165) is 18.1 Å². The van der Waals surface area contributed by atoms with E-state index in [1.165, 1.54) is 6.07 Å². The lowest BCUT2D eigenvalue weighted by molar-refractivity contribution is 0.299. The minimum atomic E-state index is -0.872. The van der Waals surface area contributed by atoms with Gasteiger partial charge in [0.1, 0.15) is 12.4 Å². The largest absolute Gasteiger partial charge is 0.489 e. The second kappa shape index (κ2) is 6.32. The first-order valence-electron chi connectivity index (χ1n) is 6.35. The molecule has 0 unspecified atom stereocenters. The van der Waals surface area contributed by atoms with Crippen LogP contribution >= 0.6 is 0 Å². The van der Waals surface area contributed by atoms with Gasteiger partial charge in [0.25, 0.3) is 0 Å². The fraction of sp³-hybridized carbons (Fsp3) is 0.250. The summed E-state index contributed by atoms with van der Waals surface area (Å²) in [4.78, 5) is 0. The van der Waals surface area contributed by atoms with Gasteiger partial charge >= 0.3 is 0 Å². The van der Waals surface area contributed by atoms with Crippen LogP contribution in [-0.4, -0.2) is 0 Å². The van der Waals surface area contributed by atoms with Gasteiger partial charge in [0.05, 0.1) is 0 Å². The van der Waals surface area contributed by atoms with E-state index < -0.39 is 11.6 Å². The highest BCUT2D eigenvalue weighted by Gasteiger charge is 2.10. The molecule has 0 N–H and O–H groups in total. The Morgan fingerprint density at radius 3 is 2.37 bits per heavy atom. The van der Waals surface area contributed by atoms with Gasteiger partial charge in [-0.3, -0.25) is 0 Å². The number of ether oxygens (including phenoxy) is 1. The summed E-state index contributed by atoms with van der Waals surface area (Å²) in [6, 6.07) is 12.0.